The number of hydrogen-bond acceptors (Lipinski definition) is 7. The van der Waals surface area contributed by atoms with Crippen molar-refractivity contribution in [3.8, 4) is 28.0 Å². The average molecular weight is 303 g/mol. The van der Waals surface area contributed by atoms with Gasteiger partial charge in [-0.25, -0.2) is 9.78 Å². The van der Waals surface area contributed by atoms with E-state index in [1.165, 1.54) is 30.8 Å². The van der Waals surface area contributed by atoms with Gasteiger partial charge in [0.25, 0.3) is 0 Å². The highest BCUT2D eigenvalue weighted by molar-refractivity contribution is 7.13. The molecule has 1 N–H and O–H groups in total. The number of methoxy groups -OCH3 is 1. The fourth-order valence-corrected chi connectivity index (χ4v) is 2.40. The Hall–Kier alpha value is -2.74. The van der Waals surface area contributed by atoms with Crippen LogP contribution in [0.5, 0.6) is 5.88 Å². The molecular formula is C13H9N3O4S. The van der Waals surface area contributed by atoms with Crippen molar-refractivity contribution in [2.45, 2.75) is 0 Å². The van der Waals surface area contributed by atoms with E-state index in [1.54, 1.807) is 17.5 Å². The van der Waals surface area contributed by atoms with Crippen LogP contribution in [0.1, 0.15) is 10.4 Å². The number of rotatable bonds is 4. The summed E-state index contributed by atoms with van der Waals surface area (Å²) in [5.41, 5.74) is 1.25. The van der Waals surface area contributed by atoms with Crippen LogP contribution in [0.4, 0.5) is 0 Å². The summed E-state index contributed by atoms with van der Waals surface area (Å²) in [6.45, 7) is 0. The van der Waals surface area contributed by atoms with E-state index in [9.17, 15) is 4.79 Å². The summed E-state index contributed by atoms with van der Waals surface area (Å²) < 4.78 is 10.1. The summed E-state index contributed by atoms with van der Waals surface area (Å²) >= 11 is 1.37. The monoisotopic (exact) mass is 303 g/mol. The second-order valence-electron chi connectivity index (χ2n) is 4.00. The van der Waals surface area contributed by atoms with Gasteiger partial charge in [0.1, 0.15) is 22.7 Å². The summed E-state index contributed by atoms with van der Waals surface area (Å²) in [7, 11) is 1.52. The SMILES string of the molecule is COc1ccc(-c2nc(-c3cc(C(=O)O)co3)cs2)nn1. The Morgan fingerprint density at radius 1 is 1.33 bits per heavy atom. The van der Waals surface area contributed by atoms with Gasteiger partial charge in [-0.2, -0.15) is 0 Å². The van der Waals surface area contributed by atoms with Crippen molar-refractivity contribution in [2.24, 2.45) is 0 Å². The molecule has 0 spiro atoms. The van der Waals surface area contributed by atoms with Crippen LogP contribution in [0.2, 0.25) is 0 Å². The maximum absolute atomic E-state index is 10.8. The van der Waals surface area contributed by atoms with Gasteiger partial charge in [-0.05, 0) is 6.07 Å². The molecule has 3 aromatic heterocycles. The lowest BCUT2D eigenvalue weighted by molar-refractivity contribution is 0.0696. The standard InChI is InChI=1S/C13H9N3O4S/c1-19-11-3-2-8(15-16-11)12-14-9(6-21-12)10-4-7(5-20-10)13(17)18/h2-6H,1H3,(H,17,18). The normalized spacial score (nSPS) is 10.5. The van der Waals surface area contributed by atoms with E-state index in [-0.39, 0.29) is 5.56 Å². The molecule has 3 aromatic rings. The van der Waals surface area contributed by atoms with Crippen LogP contribution in [-0.4, -0.2) is 33.4 Å². The number of carbonyl (C=O) groups is 1. The first-order chi connectivity index (χ1) is 10.2. The van der Waals surface area contributed by atoms with E-state index in [0.29, 0.717) is 28.0 Å². The van der Waals surface area contributed by atoms with Gasteiger partial charge in [-0.3, -0.25) is 0 Å². The minimum absolute atomic E-state index is 0.0868. The number of nitrogens with zero attached hydrogens (tertiary/aromatic N) is 3. The van der Waals surface area contributed by atoms with Crippen LogP contribution in [0, 0.1) is 0 Å². The van der Waals surface area contributed by atoms with Crippen molar-refractivity contribution in [2.75, 3.05) is 7.11 Å². The molecule has 0 saturated heterocycles. The molecular weight excluding hydrogens is 294 g/mol. The smallest absolute Gasteiger partial charge is 0.338 e. The Morgan fingerprint density at radius 3 is 2.81 bits per heavy atom. The van der Waals surface area contributed by atoms with Crippen LogP contribution < -0.4 is 4.74 Å². The predicted molar refractivity (Wildman–Crippen MR) is 74.4 cm³/mol. The molecule has 8 heteroatoms. The lowest BCUT2D eigenvalue weighted by Crippen LogP contribution is -1.92. The van der Waals surface area contributed by atoms with Crippen LogP contribution >= 0.6 is 11.3 Å². The highest BCUT2D eigenvalue weighted by atomic mass is 32.1. The van der Waals surface area contributed by atoms with E-state index >= 15 is 0 Å². The van der Waals surface area contributed by atoms with E-state index < -0.39 is 5.97 Å². The van der Waals surface area contributed by atoms with Gasteiger partial charge < -0.3 is 14.3 Å². The Morgan fingerprint density at radius 2 is 2.19 bits per heavy atom. The van der Waals surface area contributed by atoms with Gasteiger partial charge in [0.2, 0.25) is 5.88 Å². The summed E-state index contributed by atoms with van der Waals surface area (Å²) in [4.78, 5) is 15.2. The summed E-state index contributed by atoms with van der Waals surface area (Å²) in [5, 5.41) is 19.2. The van der Waals surface area contributed by atoms with E-state index in [1.807, 2.05) is 0 Å². The molecule has 3 rings (SSSR count). The maximum atomic E-state index is 10.8. The lowest BCUT2D eigenvalue weighted by atomic mass is 10.3. The molecule has 0 atom stereocenters. The van der Waals surface area contributed by atoms with Crippen molar-refractivity contribution in [1.82, 2.24) is 15.2 Å². The quantitative estimate of drug-likeness (QED) is 0.790. The summed E-state index contributed by atoms with van der Waals surface area (Å²) in [6, 6.07) is 4.87. The average Bonchev–Trinajstić information content (AvgIpc) is 3.16. The first-order valence-corrected chi connectivity index (χ1v) is 6.71. The van der Waals surface area contributed by atoms with Gasteiger partial charge in [0.05, 0.1) is 12.7 Å². The molecule has 0 saturated carbocycles. The van der Waals surface area contributed by atoms with Gasteiger partial charge in [-0.1, -0.05) is 0 Å². The minimum Gasteiger partial charge on any atom is -0.480 e. The molecule has 0 bridgehead atoms. The molecule has 106 valence electrons. The van der Waals surface area contributed by atoms with Gasteiger partial charge in [0.15, 0.2) is 5.76 Å². The van der Waals surface area contributed by atoms with E-state index in [0.717, 1.165) is 0 Å². The topological polar surface area (TPSA) is 98.3 Å². The molecule has 0 radical (unpaired) electrons. The van der Waals surface area contributed by atoms with Gasteiger partial charge in [0, 0.05) is 17.5 Å². The van der Waals surface area contributed by atoms with Crippen molar-refractivity contribution in [3.63, 3.8) is 0 Å². The van der Waals surface area contributed by atoms with Crippen LogP contribution in [0.15, 0.2) is 34.3 Å². The molecule has 21 heavy (non-hydrogen) atoms. The van der Waals surface area contributed by atoms with Crippen molar-refractivity contribution < 1.29 is 19.1 Å². The van der Waals surface area contributed by atoms with Crippen LogP contribution in [0.3, 0.4) is 0 Å². The van der Waals surface area contributed by atoms with Crippen LogP contribution in [0.25, 0.3) is 22.2 Å². The van der Waals surface area contributed by atoms with Gasteiger partial charge in [-0.15, -0.1) is 21.5 Å². The largest absolute Gasteiger partial charge is 0.480 e. The second kappa shape index (κ2) is 5.33. The molecule has 0 aliphatic carbocycles. The number of ether oxygens (including phenoxy) is 1. The molecule has 0 unspecified atom stereocenters. The van der Waals surface area contributed by atoms with Crippen LogP contribution in [-0.2, 0) is 0 Å². The second-order valence-corrected chi connectivity index (χ2v) is 4.86. The molecule has 0 fully saturated rings. The number of carboxylic acids is 1. The Kier molecular flexibility index (Phi) is 3.36. The highest BCUT2D eigenvalue weighted by Gasteiger charge is 2.14. The molecule has 0 aromatic carbocycles. The molecule has 7 nitrogen and oxygen atoms in total. The number of thiazole rings is 1. The number of hydrogen-bond donors (Lipinski definition) is 1. The van der Waals surface area contributed by atoms with E-state index in [4.69, 9.17) is 14.3 Å². The van der Waals surface area contributed by atoms with E-state index in [2.05, 4.69) is 15.2 Å². The first kappa shape index (κ1) is 13.3. The minimum atomic E-state index is -1.04. The predicted octanol–water partition coefficient (Wildman–Crippen LogP) is 2.57. The Bertz CT molecular complexity index is 779. The molecule has 0 aliphatic heterocycles. The first-order valence-electron chi connectivity index (χ1n) is 5.83. The summed E-state index contributed by atoms with van der Waals surface area (Å²) in [6.07, 6.45) is 1.18. The Balaban J connectivity index is 1.89. The third-order valence-corrected chi connectivity index (χ3v) is 3.54. The maximum Gasteiger partial charge on any atom is 0.338 e. The number of carboxylic acid groups (broad SMARTS) is 1. The fourth-order valence-electron chi connectivity index (χ4n) is 1.63. The molecule has 3 heterocycles. The van der Waals surface area contributed by atoms with Crippen molar-refractivity contribution in [1.29, 1.82) is 0 Å². The number of aromatic nitrogens is 3. The van der Waals surface area contributed by atoms with Crippen molar-refractivity contribution >= 4 is 17.3 Å². The third kappa shape index (κ3) is 2.61. The zero-order valence-electron chi connectivity index (χ0n) is 10.8. The fraction of sp³-hybridized carbons (Fsp3) is 0.0769. The molecule has 0 aliphatic rings. The zero-order chi connectivity index (χ0) is 14.8. The summed E-state index contributed by atoms with van der Waals surface area (Å²) in [5.74, 6) is -0.217. The highest BCUT2D eigenvalue weighted by Crippen LogP contribution is 2.29. The number of aromatic carboxylic acids is 1. The van der Waals surface area contributed by atoms with Gasteiger partial charge >= 0.3 is 5.97 Å². The zero-order valence-corrected chi connectivity index (χ0v) is 11.6. The van der Waals surface area contributed by atoms with Crippen molar-refractivity contribution in [3.05, 3.63) is 35.4 Å². The Labute approximate surface area is 122 Å². The third-order valence-electron chi connectivity index (χ3n) is 2.67. The lowest BCUT2D eigenvalue weighted by Gasteiger charge is -1.97. The number of furan rings is 1. The molecule has 0 amide bonds.